The van der Waals surface area contributed by atoms with Crippen molar-refractivity contribution in [1.82, 2.24) is 9.21 Å². The Morgan fingerprint density at radius 2 is 1.76 bits per heavy atom. The lowest BCUT2D eigenvalue weighted by Crippen LogP contribution is -2.53. The molecule has 0 aliphatic carbocycles. The Morgan fingerprint density at radius 1 is 1.09 bits per heavy atom. The third-order valence-electron chi connectivity index (χ3n) is 5.77. The Balaban J connectivity index is 1.37. The van der Waals surface area contributed by atoms with Crippen LogP contribution in [0.4, 0.5) is 11.4 Å². The second-order valence-corrected chi connectivity index (χ2v) is 10.2. The van der Waals surface area contributed by atoms with Crippen LogP contribution in [0.5, 0.6) is 11.5 Å². The molecular formula is C21H23ClN4O7S. The molecule has 4 rings (SSSR count). The number of sulfonamides is 1. The quantitative estimate of drug-likeness (QED) is 0.462. The number of benzene rings is 2. The van der Waals surface area contributed by atoms with Crippen LogP contribution >= 0.6 is 11.6 Å². The van der Waals surface area contributed by atoms with E-state index < -0.39 is 21.0 Å². The number of hydrogen-bond donors (Lipinski definition) is 1. The maximum atomic E-state index is 13.1. The highest BCUT2D eigenvalue weighted by Gasteiger charge is 2.32. The van der Waals surface area contributed by atoms with Gasteiger partial charge in [0.15, 0.2) is 11.5 Å². The van der Waals surface area contributed by atoms with Crippen LogP contribution < -0.4 is 14.8 Å². The van der Waals surface area contributed by atoms with Crippen LogP contribution in [0.25, 0.3) is 0 Å². The van der Waals surface area contributed by atoms with Gasteiger partial charge in [-0.1, -0.05) is 11.6 Å². The summed E-state index contributed by atoms with van der Waals surface area (Å²) in [6, 6.07) is 7.80. The Hall–Kier alpha value is -2.93. The highest BCUT2D eigenvalue weighted by molar-refractivity contribution is 7.89. The van der Waals surface area contributed by atoms with E-state index in [1.54, 1.807) is 13.0 Å². The molecule has 0 aromatic heterocycles. The number of carbonyl (C=O) groups excluding carboxylic acids is 1. The predicted molar refractivity (Wildman–Crippen MR) is 124 cm³/mol. The number of non-ortho nitro benzene ring substituents is 1. The zero-order valence-corrected chi connectivity index (χ0v) is 19.8. The molecule has 2 aromatic carbocycles. The fourth-order valence-corrected chi connectivity index (χ4v) is 5.45. The number of rotatable bonds is 6. The van der Waals surface area contributed by atoms with Crippen molar-refractivity contribution in [3.63, 3.8) is 0 Å². The van der Waals surface area contributed by atoms with E-state index in [0.29, 0.717) is 37.8 Å². The molecule has 0 bridgehead atoms. The third kappa shape index (κ3) is 4.94. The fourth-order valence-electron chi connectivity index (χ4n) is 3.79. The molecule has 182 valence electrons. The van der Waals surface area contributed by atoms with Crippen LogP contribution in [0.1, 0.15) is 6.92 Å². The first-order valence-electron chi connectivity index (χ1n) is 10.6. The Labute approximate surface area is 201 Å². The van der Waals surface area contributed by atoms with Gasteiger partial charge in [-0.15, -0.1) is 0 Å². The molecule has 34 heavy (non-hydrogen) atoms. The molecule has 1 amide bonds. The zero-order valence-electron chi connectivity index (χ0n) is 18.3. The van der Waals surface area contributed by atoms with Crippen molar-refractivity contribution < 1.29 is 27.6 Å². The van der Waals surface area contributed by atoms with E-state index in [0.717, 1.165) is 0 Å². The van der Waals surface area contributed by atoms with Crippen molar-refractivity contribution in [3.05, 3.63) is 51.5 Å². The molecule has 0 unspecified atom stereocenters. The van der Waals surface area contributed by atoms with Gasteiger partial charge in [0.25, 0.3) is 5.69 Å². The summed E-state index contributed by atoms with van der Waals surface area (Å²) in [4.78, 5) is 25.0. The van der Waals surface area contributed by atoms with E-state index in [4.69, 9.17) is 21.1 Å². The van der Waals surface area contributed by atoms with Crippen LogP contribution in [0, 0.1) is 10.1 Å². The Bertz CT molecular complexity index is 1220. The van der Waals surface area contributed by atoms with Crippen molar-refractivity contribution in [2.45, 2.75) is 17.9 Å². The standard InChI is InChI=1S/C21H23ClN4O7S/c1-14(21(27)23-18-4-2-15(26(28)29)12-17(18)22)24-6-8-25(9-7-24)34(30,31)16-3-5-19-20(13-16)33-11-10-32-19/h2-5,12-14H,6-11H2,1H3,(H,23,27)/t14-/m1/s1. The number of hydrogen-bond acceptors (Lipinski definition) is 8. The van der Waals surface area contributed by atoms with Crippen LogP contribution in [-0.4, -0.2) is 73.9 Å². The van der Waals surface area contributed by atoms with Gasteiger partial charge in [0.2, 0.25) is 15.9 Å². The molecular weight excluding hydrogens is 488 g/mol. The summed E-state index contributed by atoms with van der Waals surface area (Å²) in [5.74, 6) is 0.572. The second kappa shape index (κ2) is 9.74. The topological polar surface area (TPSA) is 131 Å². The summed E-state index contributed by atoms with van der Waals surface area (Å²) in [6.07, 6.45) is 0. The molecule has 0 radical (unpaired) electrons. The van der Waals surface area contributed by atoms with E-state index in [9.17, 15) is 23.3 Å². The average Bonchev–Trinajstić information content (AvgIpc) is 2.84. The normalized spacial score (nSPS) is 17.7. The average molecular weight is 511 g/mol. The number of ether oxygens (including phenoxy) is 2. The largest absolute Gasteiger partial charge is 0.486 e. The van der Waals surface area contributed by atoms with Crippen molar-refractivity contribution in [3.8, 4) is 11.5 Å². The van der Waals surface area contributed by atoms with Gasteiger partial charge in [-0.3, -0.25) is 19.8 Å². The van der Waals surface area contributed by atoms with Crippen molar-refractivity contribution in [2.24, 2.45) is 0 Å². The number of anilines is 1. The van der Waals surface area contributed by atoms with Gasteiger partial charge in [-0.2, -0.15) is 4.31 Å². The summed E-state index contributed by atoms with van der Waals surface area (Å²) in [6.45, 7) is 3.63. The first-order chi connectivity index (χ1) is 16.2. The molecule has 2 aliphatic rings. The van der Waals surface area contributed by atoms with Gasteiger partial charge in [-0.25, -0.2) is 8.42 Å². The summed E-state index contributed by atoms with van der Waals surface area (Å²) in [5, 5.41) is 13.6. The van der Waals surface area contributed by atoms with Crippen molar-refractivity contribution in [1.29, 1.82) is 0 Å². The minimum absolute atomic E-state index is 0.0603. The van der Waals surface area contributed by atoms with Gasteiger partial charge >= 0.3 is 0 Å². The Morgan fingerprint density at radius 3 is 2.41 bits per heavy atom. The molecule has 2 aliphatic heterocycles. The minimum Gasteiger partial charge on any atom is -0.486 e. The van der Waals surface area contributed by atoms with Gasteiger partial charge in [0.1, 0.15) is 13.2 Å². The van der Waals surface area contributed by atoms with E-state index in [1.807, 2.05) is 4.90 Å². The second-order valence-electron chi connectivity index (χ2n) is 7.83. The number of halogens is 1. The maximum absolute atomic E-state index is 13.1. The summed E-state index contributed by atoms with van der Waals surface area (Å²) < 4.78 is 38.5. The summed E-state index contributed by atoms with van der Waals surface area (Å²) in [5.41, 5.74) is 0.0929. The first kappa shape index (κ1) is 24.2. The molecule has 2 aromatic rings. The predicted octanol–water partition coefficient (Wildman–Crippen LogP) is 2.35. The van der Waals surface area contributed by atoms with Crippen molar-refractivity contribution in [2.75, 3.05) is 44.7 Å². The number of nitro benzene ring substituents is 1. The van der Waals surface area contributed by atoms with Crippen molar-refractivity contribution >= 4 is 38.9 Å². The highest BCUT2D eigenvalue weighted by atomic mass is 35.5. The number of piperazine rings is 1. The van der Waals surface area contributed by atoms with Gasteiger partial charge in [0.05, 0.1) is 26.6 Å². The van der Waals surface area contributed by atoms with Gasteiger partial charge in [0, 0.05) is 44.4 Å². The molecule has 0 spiro atoms. The number of fused-ring (bicyclic) bond motifs is 1. The molecule has 11 nitrogen and oxygen atoms in total. The molecule has 1 saturated heterocycles. The summed E-state index contributed by atoms with van der Waals surface area (Å²) in [7, 11) is -3.73. The smallest absolute Gasteiger partial charge is 0.271 e. The highest BCUT2D eigenvalue weighted by Crippen LogP contribution is 2.33. The van der Waals surface area contributed by atoms with E-state index in [-0.39, 0.29) is 40.3 Å². The molecule has 0 saturated carbocycles. The number of amides is 1. The van der Waals surface area contributed by atoms with Crippen LogP contribution in [-0.2, 0) is 14.8 Å². The van der Waals surface area contributed by atoms with Crippen LogP contribution in [0.15, 0.2) is 41.3 Å². The monoisotopic (exact) mass is 510 g/mol. The van der Waals surface area contributed by atoms with Crippen LogP contribution in [0.3, 0.4) is 0 Å². The fraction of sp³-hybridized carbons (Fsp3) is 0.381. The van der Waals surface area contributed by atoms with E-state index in [2.05, 4.69) is 5.32 Å². The SMILES string of the molecule is C[C@H](C(=O)Nc1ccc([N+](=O)[O-])cc1Cl)N1CCN(S(=O)(=O)c2ccc3c(c2)OCCO3)CC1. The minimum atomic E-state index is -3.73. The molecule has 1 fully saturated rings. The van der Waals surface area contributed by atoms with Gasteiger partial charge < -0.3 is 14.8 Å². The lowest BCUT2D eigenvalue weighted by molar-refractivity contribution is -0.384. The van der Waals surface area contributed by atoms with E-state index >= 15 is 0 Å². The van der Waals surface area contributed by atoms with Gasteiger partial charge in [-0.05, 0) is 25.1 Å². The lowest BCUT2D eigenvalue weighted by Gasteiger charge is -2.36. The molecule has 1 atom stereocenters. The molecule has 1 N–H and O–H groups in total. The first-order valence-corrected chi connectivity index (χ1v) is 12.4. The molecule has 13 heteroatoms. The number of nitrogens with one attached hydrogen (secondary N) is 1. The van der Waals surface area contributed by atoms with E-state index in [1.165, 1.54) is 34.6 Å². The summed E-state index contributed by atoms with van der Waals surface area (Å²) >= 11 is 6.06. The Kier molecular flexibility index (Phi) is 6.94. The maximum Gasteiger partial charge on any atom is 0.271 e. The number of nitrogens with zero attached hydrogens (tertiary/aromatic N) is 3. The third-order valence-corrected chi connectivity index (χ3v) is 7.98. The number of carbonyl (C=O) groups is 1. The zero-order chi connectivity index (χ0) is 24.5. The molecule has 2 heterocycles. The lowest BCUT2D eigenvalue weighted by atomic mass is 10.2. The number of nitro groups is 1. The van der Waals surface area contributed by atoms with Crippen LogP contribution in [0.2, 0.25) is 5.02 Å².